The third-order valence-corrected chi connectivity index (χ3v) is 5.74. The molecule has 0 radical (unpaired) electrons. The van der Waals surface area contributed by atoms with Gasteiger partial charge in [0, 0.05) is 32.4 Å². The summed E-state index contributed by atoms with van der Waals surface area (Å²) in [6, 6.07) is 9.26. The van der Waals surface area contributed by atoms with E-state index in [0.717, 1.165) is 11.4 Å². The fourth-order valence-electron chi connectivity index (χ4n) is 3.31. The van der Waals surface area contributed by atoms with Gasteiger partial charge in [0.1, 0.15) is 4.88 Å². The number of nitrogens with zero attached hydrogens (tertiary/aromatic N) is 5. The van der Waals surface area contributed by atoms with Gasteiger partial charge in [-0.05, 0) is 31.5 Å². The summed E-state index contributed by atoms with van der Waals surface area (Å²) >= 11 is 1.30. The Morgan fingerprint density at radius 2 is 1.64 bits per heavy atom. The van der Waals surface area contributed by atoms with E-state index >= 15 is 0 Å². The fourth-order valence-corrected chi connectivity index (χ4v) is 4.27. The molecular weight excluding hydrogens is 374 g/mol. The fraction of sp³-hybridized carbons (Fsp3) is 0.250. The van der Waals surface area contributed by atoms with Crippen LogP contribution < -0.4 is 9.80 Å². The lowest BCUT2D eigenvalue weighted by molar-refractivity contribution is -0.116. The monoisotopic (exact) mass is 393 g/mol. The summed E-state index contributed by atoms with van der Waals surface area (Å²) in [4.78, 5) is 42.5. The number of carbonyl (C=O) groups excluding carboxylic acids is 2. The zero-order chi connectivity index (χ0) is 19.7. The molecule has 1 aromatic carbocycles. The van der Waals surface area contributed by atoms with Crippen molar-refractivity contribution < 1.29 is 9.59 Å². The predicted octanol–water partition coefficient (Wildman–Crippen LogP) is 3.31. The second kappa shape index (κ2) is 7.47. The summed E-state index contributed by atoms with van der Waals surface area (Å²) < 4.78 is 0. The average molecular weight is 393 g/mol. The lowest BCUT2D eigenvalue weighted by atomic mass is 10.2. The van der Waals surface area contributed by atoms with E-state index in [4.69, 9.17) is 0 Å². The van der Waals surface area contributed by atoms with E-state index < -0.39 is 0 Å². The number of anilines is 2. The minimum absolute atomic E-state index is 0.0285. The first-order valence-corrected chi connectivity index (χ1v) is 9.81. The summed E-state index contributed by atoms with van der Waals surface area (Å²) in [7, 11) is 0. The van der Waals surface area contributed by atoms with Gasteiger partial charge in [0.15, 0.2) is 10.8 Å². The molecule has 142 valence electrons. The molecular formula is C20H19N5O2S. The molecule has 0 saturated carbocycles. The smallest absolute Gasteiger partial charge is 0.270 e. The number of rotatable bonds is 2. The van der Waals surface area contributed by atoms with E-state index in [0.29, 0.717) is 40.9 Å². The van der Waals surface area contributed by atoms with E-state index in [2.05, 4.69) is 15.0 Å². The number of benzene rings is 1. The second-order valence-corrected chi connectivity index (χ2v) is 7.47. The standard InChI is InChI=1S/C20H19N5O2S/c1-13-17(28-19(23-13)18-21-9-5-10-22-18)20(27)25-12-6-11-24(14(2)26)15-7-3-4-8-16(15)25/h3-5,7-10H,6,11-12H2,1-2H3. The van der Waals surface area contributed by atoms with Crippen LogP contribution in [0.4, 0.5) is 11.4 Å². The number of fused-ring (bicyclic) bond motifs is 1. The van der Waals surface area contributed by atoms with Crippen LogP contribution >= 0.6 is 11.3 Å². The van der Waals surface area contributed by atoms with E-state index in [9.17, 15) is 9.59 Å². The molecule has 0 aliphatic carbocycles. The van der Waals surface area contributed by atoms with Crippen LogP contribution in [0.2, 0.25) is 0 Å². The van der Waals surface area contributed by atoms with E-state index in [-0.39, 0.29) is 11.8 Å². The highest BCUT2D eigenvalue weighted by Crippen LogP contribution is 2.35. The number of para-hydroxylation sites is 2. The van der Waals surface area contributed by atoms with Gasteiger partial charge in [-0.2, -0.15) is 0 Å². The van der Waals surface area contributed by atoms with Crippen LogP contribution in [-0.2, 0) is 4.79 Å². The van der Waals surface area contributed by atoms with Crippen LogP contribution in [-0.4, -0.2) is 39.9 Å². The molecule has 1 aliphatic heterocycles. The van der Waals surface area contributed by atoms with Crippen molar-refractivity contribution >= 4 is 34.5 Å². The zero-order valence-electron chi connectivity index (χ0n) is 15.6. The summed E-state index contributed by atoms with van der Waals surface area (Å²) in [6.07, 6.45) is 4.01. The second-order valence-electron chi connectivity index (χ2n) is 6.48. The Morgan fingerprint density at radius 3 is 2.32 bits per heavy atom. The first kappa shape index (κ1) is 18.2. The van der Waals surface area contributed by atoms with Crippen LogP contribution in [0.3, 0.4) is 0 Å². The molecule has 3 heterocycles. The number of aryl methyl sites for hydroxylation is 1. The Kier molecular flexibility index (Phi) is 4.87. The largest absolute Gasteiger partial charge is 0.311 e. The van der Waals surface area contributed by atoms with Crippen molar-refractivity contribution in [3.63, 3.8) is 0 Å². The quantitative estimate of drug-likeness (QED) is 0.667. The number of thiazole rings is 1. The van der Waals surface area contributed by atoms with Crippen molar-refractivity contribution in [3.8, 4) is 10.8 Å². The predicted molar refractivity (Wildman–Crippen MR) is 109 cm³/mol. The molecule has 28 heavy (non-hydrogen) atoms. The van der Waals surface area contributed by atoms with Crippen LogP contribution in [0.15, 0.2) is 42.7 Å². The molecule has 2 aromatic heterocycles. The minimum atomic E-state index is -0.116. The minimum Gasteiger partial charge on any atom is -0.311 e. The molecule has 3 aromatic rings. The van der Waals surface area contributed by atoms with Gasteiger partial charge in [0.2, 0.25) is 5.91 Å². The van der Waals surface area contributed by atoms with Crippen LogP contribution in [0.1, 0.15) is 28.7 Å². The molecule has 8 heteroatoms. The highest BCUT2D eigenvalue weighted by atomic mass is 32.1. The zero-order valence-corrected chi connectivity index (χ0v) is 16.4. The molecule has 0 unspecified atom stereocenters. The lowest BCUT2D eigenvalue weighted by Gasteiger charge is -2.24. The Labute approximate surface area is 166 Å². The summed E-state index contributed by atoms with van der Waals surface area (Å²) in [5.74, 6) is 0.364. The maximum atomic E-state index is 13.4. The van der Waals surface area contributed by atoms with Gasteiger partial charge in [0.05, 0.1) is 17.1 Å². The van der Waals surface area contributed by atoms with Crippen molar-refractivity contribution in [3.05, 3.63) is 53.3 Å². The first-order valence-electron chi connectivity index (χ1n) is 9.00. The number of hydrogen-bond acceptors (Lipinski definition) is 6. The summed E-state index contributed by atoms with van der Waals surface area (Å²) in [5.41, 5.74) is 2.16. The van der Waals surface area contributed by atoms with Crippen LogP contribution in [0, 0.1) is 6.92 Å². The van der Waals surface area contributed by atoms with Crippen molar-refractivity contribution in [2.45, 2.75) is 20.3 Å². The molecule has 0 saturated heterocycles. The highest BCUT2D eigenvalue weighted by molar-refractivity contribution is 7.17. The Balaban J connectivity index is 1.73. The highest BCUT2D eigenvalue weighted by Gasteiger charge is 2.29. The SMILES string of the molecule is CC(=O)N1CCCN(C(=O)c2sc(-c3ncccn3)nc2C)c2ccccc21. The van der Waals surface area contributed by atoms with Crippen molar-refractivity contribution in [2.24, 2.45) is 0 Å². The third kappa shape index (κ3) is 3.27. The van der Waals surface area contributed by atoms with Crippen LogP contribution in [0.5, 0.6) is 0 Å². The maximum absolute atomic E-state index is 13.4. The Hall–Kier alpha value is -3.13. The van der Waals surface area contributed by atoms with E-state index in [1.54, 1.807) is 35.2 Å². The van der Waals surface area contributed by atoms with Crippen molar-refractivity contribution in [1.29, 1.82) is 0 Å². The molecule has 0 N–H and O–H groups in total. The number of hydrogen-bond donors (Lipinski definition) is 0. The maximum Gasteiger partial charge on any atom is 0.270 e. The van der Waals surface area contributed by atoms with Gasteiger partial charge < -0.3 is 9.80 Å². The number of amides is 2. The van der Waals surface area contributed by atoms with Crippen molar-refractivity contribution in [1.82, 2.24) is 15.0 Å². The molecule has 1 aliphatic rings. The summed E-state index contributed by atoms with van der Waals surface area (Å²) in [6.45, 7) is 4.49. The number of carbonyl (C=O) groups is 2. The van der Waals surface area contributed by atoms with Gasteiger partial charge in [0.25, 0.3) is 5.91 Å². The first-order chi connectivity index (χ1) is 13.6. The molecule has 0 spiro atoms. The van der Waals surface area contributed by atoms with Gasteiger partial charge >= 0.3 is 0 Å². The molecule has 0 bridgehead atoms. The molecule has 4 rings (SSSR count). The molecule has 0 fully saturated rings. The van der Waals surface area contributed by atoms with Crippen molar-refractivity contribution in [2.75, 3.05) is 22.9 Å². The normalized spacial score (nSPS) is 13.8. The Morgan fingerprint density at radius 1 is 1.00 bits per heavy atom. The lowest BCUT2D eigenvalue weighted by Crippen LogP contribution is -2.31. The average Bonchev–Trinajstić information content (AvgIpc) is 2.99. The summed E-state index contributed by atoms with van der Waals surface area (Å²) in [5, 5.41) is 0.620. The molecule has 7 nitrogen and oxygen atoms in total. The van der Waals surface area contributed by atoms with Gasteiger partial charge in [-0.25, -0.2) is 15.0 Å². The number of aromatic nitrogens is 3. The molecule has 0 atom stereocenters. The van der Waals surface area contributed by atoms with Crippen LogP contribution in [0.25, 0.3) is 10.8 Å². The Bertz CT molecular complexity index is 1030. The topological polar surface area (TPSA) is 79.3 Å². The van der Waals surface area contributed by atoms with Gasteiger partial charge in [-0.3, -0.25) is 9.59 Å². The third-order valence-electron chi connectivity index (χ3n) is 4.60. The van der Waals surface area contributed by atoms with Gasteiger partial charge in [-0.1, -0.05) is 12.1 Å². The molecule has 2 amide bonds. The van der Waals surface area contributed by atoms with E-state index in [1.807, 2.05) is 31.2 Å². The van der Waals surface area contributed by atoms with E-state index in [1.165, 1.54) is 11.3 Å². The van der Waals surface area contributed by atoms with Gasteiger partial charge in [-0.15, -0.1) is 11.3 Å².